The molecule has 3 rings (SSSR count). The summed E-state index contributed by atoms with van der Waals surface area (Å²) in [7, 11) is 0. The zero-order valence-corrected chi connectivity index (χ0v) is 10.2. The fourth-order valence-corrected chi connectivity index (χ4v) is 2.72. The van der Waals surface area contributed by atoms with Gasteiger partial charge in [-0.1, -0.05) is 12.1 Å². The van der Waals surface area contributed by atoms with Gasteiger partial charge in [0.15, 0.2) is 0 Å². The number of halogens is 1. The number of rotatable bonds is 2. The van der Waals surface area contributed by atoms with Crippen molar-refractivity contribution in [2.45, 2.75) is 31.8 Å². The molecule has 92 valence electrons. The third-order valence-electron chi connectivity index (χ3n) is 3.95. The van der Waals surface area contributed by atoms with Gasteiger partial charge in [-0.25, -0.2) is 4.39 Å². The monoisotopic (exact) mass is 234 g/mol. The number of hydrogen-bond acceptors (Lipinski definition) is 2. The van der Waals surface area contributed by atoms with E-state index in [1.807, 2.05) is 12.1 Å². The lowest BCUT2D eigenvalue weighted by molar-refractivity contribution is 0.373. The van der Waals surface area contributed by atoms with Crippen LogP contribution in [0.5, 0.6) is 0 Å². The maximum atomic E-state index is 13.8. The molecule has 2 nitrogen and oxygen atoms in total. The Morgan fingerprint density at radius 3 is 2.76 bits per heavy atom. The SMILES string of the molecule is CC1CNC(C2CC2)CN1c1ccccc1F. The lowest BCUT2D eigenvalue weighted by Gasteiger charge is -2.40. The number of para-hydroxylation sites is 1. The predicted molar refractivity (Wildman–Crippen MR) is 67.7 cm³/mol. The first-order valence-corrected chi connectivity index (χ1v) is 6.50. The molecule has 1 aromatic carbocycles. The van der Waals surface area contributed by atoms with Crippen molar-refractivity contribution in [2.75, 3.05) is 18.0 Å². The summed E-state index contributed by atoms with van der Waals surface area (Å²) in [6.07, 6.45) is 2.66. The molecule has 1 aromatic rings. The number of nitrogens with zero attached hydrogens (tertiary/aromatic N) is 1. The van der Waals surface area contributed by atoms with Gasteiger partial charge in [-0.15, -0.1) is 0 Å². The van der Waals surface area contributed by atoms with Gasteiger partial charge in [0.2, 0.25) is 0 Å². The van der Waals surface area contributed by atoms with Crippen molar-refractivity contribution < 1.29 is 4.39 Å². The summed E-state index contributed by atoms with van der Waals surface area (Å²) in [5, 5.41) is 3.59. The van der Waals surface area contributed by atoms with Crippen molar-refractivity contribution in [1.82, 2.24) is 5.32 Å². The second-order valence-corrected chi connectivity index (χ2v) is 5.30. The Kier molecular flexibility index (Phi) is 2.79. The van der Waals surface area contributed by atoms with Crippen molar-refractivity contribution >= 4 is 5.69 Å². The van der Waals surface area contributed by atoms with Gasteiger partial charge >= 0.3 is 0 Å². The molecule has 1 aliphatic carbocycles. The number of piperazine rings is 1. The van der Waals surface area contributed by atoms with E-state index >= 15 is 0 Å². The summed E-state index contributed by atoms with van der Waals surface area (Å²) in [4.78, 5) is 2.22. The maximum absolute atomic E-state index is 13.8. The molecule has 2 fully saturated rings. The molecule has 0 spiro atoms. The molecule has 2 unspecified atom stereocenters. The average Bonchev–Trinajstić information content (AvgIpc) is 3.15. The van der Waals surface area contributed by atoms with Crippen molar-refractivity contribution in [1.29, 1.82) is 0 Å². The molecule has 1 saturated carbocycles. The Labute approximate surface area is 102 Å². The smallest absolute Gasteiger partial charge is 0.146 e. The topological polar surface area (TPSA) is 15.3 Å². The quantitative estimate of drug-likeness (QED) is 0.845. The molecule has 1 aliphatic heterocycles. The van der Waals surface area contributed by atoms with Gasteiger partial charge in [-0.05, 0) is 37.8 Å². The zero-order chi connectivity index (χ0) is 11.8. The minimum absolute atomic E-state index is 0.101. The Morgan fingerprint density at radius 2 is 2.06 bits per heavy atom. The lowest BCUT2D eigenvalue weighted by Crippen LogP contribution is -2.56. The summed E-state index contributed by atoms with van der Waals surface area (Å²) in [5.74, 6) is 0.715. The second-order valence-electron chi connectivity index (χ2n) is 5.30. The third kappa shape index (κ3) is 2.16. The van der Waals surface area contributed by atoms with Gasteiger partial charge < -0.3 is 10.2 Å². The van der Waals surface area contributed by atoms with E-state index in [1.54, 1.807) is 12.1 Å². The molecule has 17 heavy (non-hydrogen) atoms. The van der Waals surface area contributed by atoms with Crippen LogP contribution in [-0.4, -0.2) is 25.2 Å². The molecule has 1 saturated heterocycles. The normalized spacial score (nSPS) is 29.4. The molecule has 2 atom stereocenters. The molecule has 0 radical (unpaired) electrons. The van der Waals surface area contributed by atoms with Gasteiger partial charge in [0.05, 0.1) is 5.69 Å². The molecular weight excluding hydrogens is 215 g/mol. The van der Waals surface area contributed by atoms with Crippen LogP contribution in [0.2, 0.25) is 0 Å². The second kappa shape index (κ2) is 4.30. The minimum Gasteiger partial charge on any atom is -0.364 e. The Morgan fingerprint density at radius 1 is 1.29 bits per heavy atom. The highest BCUT2D eigenvalue weighted by atomic mass is 19.1. The first-order valence-electron chi connectivity index (χ1n) is 6.50. The van der Waals surface area contributed by atoms with E-state index in [2.05, 4.69) is 17.1 Å². The summed E-state index contributed by atoms with van der Waals surface area (Å²) >= 11 is 0. The molecule has 0 bridgehead atoms. The van der Waals surface area contributed by atoms with Crippen LogP contribution in [0, 0.1) is 11.7 Å². The molecule has 3 heteroatoms. The van der Waals surface area contributed by atoms with Gasteiger partial charge in [-0.3, -0.25) is 0 Å². The van der Waals surface area contributed by atoms with Gasteiger partial charge in [0.1, 0.15) is 5.82 Å². The van der Waals surface area contributed by atoms with E-state index in [0.29, 0.717) is 12.1 Å². The van der Waals surface area contributed by atoms with Crippen molar-refractivity contribution in [3.8, 4) is 0 Å². The van der Waals surface area contributed by atoms with Gasteiger partial charge in [0.25, 0.3) is 0 Å². The van der Waals surface area contributed by atoms with E-state index in [1.165, 1.54) is 12.8 Å². The molecule has 2 aliphatic rings. The minimum atomic E-state index is -0.101. The fraction of sp³-hybridized carbons (Fsp3) is 0.571. The molecule has 0 aromatic heterocycles. The number of benzene rings is 1. The highest BCUT2D eigenvalue weighted by Crippen LogP contribution is 2.35. The first-order chi connectivity index (χ1) is 8.25. The first kappa shape index (κ1) is 11.0. The average molecular weight is 234 g/mol. The van der Waals surface area contributed by atoms with E-state index in [0.717, 1.165) is 24.7 Å². The van der Waals surface area contributed by atoms with Gasteiger partial charge in [-0.2, -0.15) is 0 Å². The van der Waals surface area contributed by atoms with E-state index < -0.39 is 0 Å². The molecular formula is C14H19FN2. The highest BCUT2D eigenvalue weighted by Gasteiger charge is 2.36. The maximum Gasteiger partial charge on any atom is 0.146 e. The fourth-order valence-electron chi connectivity index (χ4n) is 2.72. The summed E-state index contributed by atoms with van der Waals surface area (Å²) < 4.78 is 13.8. The summed E-state index contributed by atoms with van der Waals surface area (Å²) in [6.45, 7) is 4.05. The number of anilines is 1. The predicted octanol–water partition coefficient (Wildman–Crippen LogP) is 2.40. The van der Waals surface area contributed by atoms with Crippen molar-refractivity contribution in [2.24, 2.45) is 5.92 Å². The van der Waals surface area contributed by atoms with Crippen LogP contribution in [0.3, 0.4) is 0 Å². The standard InChI is InChI=1S/C14H19FN2/c1-10-8-16-13(11-6-7-11)9-17(10)14-5-3-2-4-12(14)15/h2-5,10-11,13,16H,6-9H2,1H3. The molecule has 1 N–H and O–H groups in total. The van der Waals surface area contributed by atoms with Crippen LogP contribution in [0.15, 0.2) is 24.3 Å². The zero-order valence-electron chi connectivity index (χ0n) is 10.2. The van der Waals surface area contributed by atoms with Crippen LogP contribution in [0.25, 0.3) is 0 Å². The van der Waals surface area contributed by atoms with Crippen LogP contribution in [-0.2, 0) is 0 Å². The number of hydrogen-bond donors (Lipinski definition) is 1. The van der Waals surface area contributed by atoms with E-state index in [9.17, 15) is 4.39 Å². The Hall–Kier alpha value is -1.09. The van der Waals surface area contributed by atoms with Crippen LogP contribution in [0.1, 0.15) is 19.8 Å². The molecule has 0 amide bonds. The Balaban J connectivity index is 1.82. The summed E-state index contributed by atoms with van der Waals surface area (Å²) in [6, 6.07) is 8.02. The number of nitrogens with one attached hydrogen (secondary N) is 1. The van der Waals surface area contributed by atoms with E-state index in [4.69, 9.17) is 0 Å². The van der Waals surface area contributed by atoms with Crippen LogP contribution >= 0.6 is 0 Å². The van der Waals surface area contributed by atoms with Gasteiger partial charge in [0, 0.05) is 25.2 Å². The van der Waals surface area contributed by atoms with Crippen molar-refractivity contribution in [3.05, 3.63) is 30.1 Å². The lowest BCUT2D eigenvalue weighted by atomic mass is 10.1. The van der Waals surface area contributed by atoms with Crippen LogP contribution < -0.4 is 10.2 Å². The van der Waals surface area contributed by atoms with E-state index in [-0.39, 0.29) is 5.82 Å². The Bertz CT molecular complexity index is 403. The van der Waals surface area contributed by atoms with Crippen LogP contribution in [0.4, 0.5) is 10.1 Å². The highest BCUT2D eigenvalue weighted by molar-refractivity contribution is 5.49. The summed E-state index contributed by atoms with van der Waals surface area (Å²) in [5.41, 5.74) is 0.757. The van der Waals surface area contributed by atoms with Crippen molar-refractivity contribution in [3.63, 3.8) is 0 Å². The molecule has 1 heterocycles. The largest absolute Gasteiger partial charge is 0.364 e. The third-order valence-corrected chi connectivity index (χ3v) is 3.95.